The lowest BCUT2D eigenvalue weighted by atomic mass is 10.1. The maximum Gasteiger partial charge on any atom is 0.320 e. The lowest BCUT2D eigenvalue weighted by Crippen LogP contribution is -2.53. The Balaban J connectivity index is 1.99. The molecule has 2 aliphatic rings. The van der Waals surface area contributed by atoms with Crippen molar-refractivity contribution < 1.29 is 24.5 Å². The maximum atomic E-state index is 12.2. The molecule has 2 rings (SSSR count). The third-order valence-corrected chi connectivity index (χ3v) is 3.32. The lowest BCUT2D eigenvalue weighted by Gasteiger charge is -2.37. The summed E-state index contributed by atoms with van der Waals surface area (Å²) in [5, 5.41) is 18.3. The Hall–Kier alpha value is -1.34. The number of rotatable bonds is 2. The number of β-amino-alcohol motifs (C(OH)–C–C–N with tert-alkyl or cyclic N) is 1. The first-order valence-corrected chi connectivity index (χ1v) is 6.11. The van der Waals surface area contributed by atoms with Crippen LogP contribution in [0.5, 0.6) is 0 Å². The number of carboxylic acid groups (broad SMARTS) is 1. The minimum Gasteiger partial charge on any atom is -0.481 e. The molecule has 0 aromatic rings. The van der Waals surface area contributed by atoms with Crippen molar-refractivity contribution >= 4 is 12.0 Å². The predicted molar refractivity (Wildman–Crippen MR) is 61.2 cm³/mol. The van der Waals surface area contributed by atoms with E-state index in [1.807, 2.05) is 0 Å². The summed E-state index contributed by atoms with van der Waals surface area (Å²) in [5.41, 5.74) is 0. The van der Waals surface area contributed by atoms with E-state index in [0.29, 0.717) is 32.7 Å². The predicted octanol–water partition coefficient (Wildman–Crippen LogP) is -0.651. The van der Waals surface area contributed by atoms with Crippen LogP contribution in [-0.2, 0) is 9.53 Å². The second-order valence-electron chi connectivity index (χ2n) is 4.69. The molecule has 0 bridgehead atoms. The Morgan fingerprint density at radius 3 is 2.72 bits per heavy atom. The summed E-state index contributed by atoms with van der Waals surface area (Å²) in [6.45, 7) is 1.95. The monoisotopic (exact) mass is 258 g/mol. The van der Waals surface area contributed by atoms with E-state index in [4.69, 9.17) is 9.84 Å². The number of aliphatic hydroxyl groups excluding tert-OH is 1. The number of aliphatic hydroxyl groups is 1. The zero-order valence-corrected chi connectivity index (χ0v) is 10.1. The molecule has 2 saturated heterocycles. The van der Waals surface area contributed by atoms with Crippen LogP contribution < -0.4 is 0 Å². The van der Waals surface area contributed by atoms with Crippen molar-refractivity contribution in [2.45, 2.75) is 25.0 Å². The van der Waals surface area contributed by atoms with Crippen molar-refractivity contribution in [2.75, 3.05) is 32.8 Å². The number of aliphatic carboxylic acids is 1. The van der Waals surface area contributed by atoms with Gasteiger partial charge in [-0.05, 0) is 6.42 Å². The van der Waals surface area contributed by atoms with Crippen LogP contribution in [0.3, 0.4) is 0 Å². The fourth-order valence-corrected chi connectivity index (χ4v) is 2.37. The number of urea groups is 1. The van der Waals surface area contributed by atoms with Gasteiger partial charge in [0.25, 0.3) is 0 Å². The van der Waals surface area contributed by atoms with Crippen LogP contribution >= 0.6 is 0 Å². The molecule has 2 N–H and O–H groups in total. The standard InChI is InChI=1S/C11H18N2O5/c14-9-1-2-12(6-9)11(17)13-3-4-18-7-8(13)5-10(15)16/h8-9,14H,1-7H2,(H,15,16). The molecule has 2 unspecified atom stereocenters. The van der Waals surface area contributed by atoms with Gasteiger partial charge < -0.3 is 24.7 Å². The van der Waals surface area contributed by atoms with Gasteiger partial charge in [0.05, 0.1) is 31.8 Å². The Morgan fingerprint density at radius 2 is 2.11 bits per heavy atom. The fraction of sp³-hybridized carbons (Fsp3) is 0.818. The summed E-state index contributed by atoms with van der Waals surface area (Å²) < 4.78 is 5.22. The van der Waals surface area contributed by atoms with E-state index in [1.54, 1.807) is 9.80 Å². The van der Waals surface area contributed by atoms with Gasteiger partial charge in [0, 0.05) is 19.6 Å². The van der Waals surface area contributed by atoms with Crippen molar-refractivity contribution in [1.82, 2.24) is 9.80 Å². The van der Waals surface area contributed by atoms with Crippen molar-refractivity contribution in [3.8, 4) is 0 Å². The summed E-state index contributed by atoms with van der Waals surface area (Å²) in [5.74, 6) is -0.940. The summed E-state index contributed by atoms with van der Waals surface area (Å²) in [6, 6.07) is -0.609. The van der Waals surface area contributed by atoms with E-state index in [0.717, 1.165) is 0 Å². The Labute approximate surface area is 105 Å². The highest BCUT2D eigenvalue weighted by Crippen LogP contribution is 2.17. The highest BCUT2D eigenvalue weighted by Gasteiger charge is 2.34. The Morgan fingerprint density at radius 1 is 1.33 bits per heavy atom. The number of nitrogens with zero attached hydrogens (tertiary/aromatic N) is 2. The topological polar surface area (TPSA) is 90.3 Å². The summed E-state index contributed by atoms with van der Waals surface area (Å²) in [4.78, 5) is 26.1. The molecule has 18 heavy (non-hydrogen) atoms. The highest BCUT2D eigenvalue weighted by molar-refractivity contribution is 5.76. The SMILES string of the molecule is O=C(O)CC1COCCN1C(=O)N1CCC(O)C1. The molecule has 2 fully saturated rings. The molecule has 2 amide bonds. The van der Waals surface area contributed by atoms with Gasteiger partial charge >= 0.3 is 12.0 Å². The van der Waals surface area contributed by atoms with Gasteiger partial charge in [-0.2, -0.15) is 0 Å². The van der Waals surface area contributed by atoms with Gasteiger partial charge in [0.1, 0.15) is 0 Å². The van der Waals surface area contributed by atoms with Crippen molar-refractivity contribution in [2.24, 2.45) is 0 Å². The number of carbonyl (C=O) groups excluding carboxylic acids is 1. The number of likely N-dealkylation sites (tertiary alicyclic amines) is 1. The van der Waals surface area contributed by atoms with E-state index in [2.05, 4.69) is 0 Å². The molecule has 102 valence electrons. The number of hydrogen-bond donors (Lipinski definition) is 2. The number of carbonyl (C=O) groups is 2. The average Bonchev–Trinajstić information content (AvgIpc) is 2.75. The van der Waals surface area contributed by atoms with E-state index in [-0.39, 0.29) is 19.1 Å². The zero-order chi connectivity index (χ0) is 13.1. The number of hydrogen-bond acceptors (Lipinski definition) is 4. The van der Waals surface area contributed by atoms with E-state index in [1.165, 1.54) is 0 Å². The van der Waals surface area contributed by atoms with E-state index in [9.17, 15) is 14.7 Å². The fourth-order valence-electron chi connectivity index (χ4n) is 2.37. The molecule has 2 atom stereocenters. The first-order chi connectivity index (χ1) is 8.58. The van der Waals surface area contributed by atoms with Gasteiger partial charge in [0.2, 0.25) is 0 Å². The molecule has 0 radical (unpaired) electrons. The van der Waals surface area contributed by atoms with Crippen LogP contribution in [0.15, 0.2) is 0 Å². The molecular weight excluding hydrogens is 240 g/mol. The second-order valence-corrected chi connectivity index (χ2v) is 4.69. The van der Waals surface area contributed by atoms with Crippen LogP contribution in [0.25, 0.3) is 0 Å². The minimum absolute atomic E-state index is 0.109. The molecular formula is C11H18N2O5. The molecule has 0 aliphatic carbocycles. The van der Waals surface area contributed by atoms with Crippen molar-refractivity contribution in [3.63, 3.8) is 0 Å². The molecule has 2 heterocycles. The quantitative estimate of drug-likeness (QED) is 0.687. The number of amides is 2. The first kappa shape index (κ1) is 13.1. The highest BCUT2D eigenvalue weighted by atomic mass is 16.5. The van der Waals surface area contributed by atoms with Crippen molar-refractivity contribution in [1.29, 1.82) is 0 Å². The Bertz CT molecular complexity index is 335. The third kappa shape index (κ3) is 2.91. The normalized spacial score (nSPS) is 28.5. The molecule has 7 heteroatoms. The van der Waals surface area contributed by atoms with Gasteiger partial charge in [0.15, 0.2) is 0 Å². The minimum atomic E-state index is -0.940. The smallest absolute Gasteiger partial charge is 0.320 e. The van der Waals surface area contributed by atoms with Gasteiger partial charge in [-0.1, -0.05) is 0 Å². The average molecular weight is 258 g/mol. The van der Waals surface area contributed by atoms with E-state index >= 15 is 0 Å². The largest absolute Gasteiger partial charge is 0.481 e. The summed E-state index contributed by atoms with van der Waals surface area (Å²) in [7, 11) is 0. The van der Waals surface area contributed by atoms with Crippen LogP contribution in [-0.4, -0.2) is 77.0 Å². The van der Waals surface area contributed by atoms with Crippen molar-refractivity contribution in [3.05, 3.63) is 0 Å². The van der Waals surface area contributed by atoms with Gasteiger partial charge in [-0.25, -0.2) is 4.79 Å². The van der Waals surface area contributed by atoms with Crippen LogP contribution in [0, 0.1) is 0 Å². The van der Waals surface area contributed by atoms with Crippen LogP contribution in [0.4, 0.5) is 4.79 Å². The molecule has 0 spiro atoms. The Kier molecular flexibility index (Phi) is 4.03. The van der Waals surface area contributed by atoms with Gasteiger partial charge in [-0.15, -0.1) is 0 Å². The second kappa shape index (κ2) is 5.53. The molecule has 0 aromatic heterocycles. The first-order valence-electron chi connectivity index (χ1n) is 6.11. The molecule has 0 aromatic carbocycles. The van der Waals surface area contributed by atoms with E-state index < -0.39 is 18.1 Å². The van der Waals surface area contributed by atoms with Crippen LogP contribution in [0.1, 0.15) is 12.8 Å². The summed E-state index contributed by atoms with van der Waals surface area (Å²) in [6.07, 6.45) is 0.00912. The zero-order valence-electron chi connectivity index (χ0n) is 10.1. The van der Waals surface area contributed by atoms with Crippen LogP contribution in [0.2, 0.25) is 0 Å². The number of ether oxygens (including phenoxy) is 1. The molecule has 2 aliphatic heterocycles. The van der Waals surface area contributed by atoms with Gasteiger partial charge in [-0.3, -0.25) is 4.79 Å². The number of carboxylic acids is 1. The maximum absolute atomic E-state index is 12.2. The number of morpholine rings is 1. The molecule has 0 saturated carbocycles. The third-order valence-electron chi connectivity index (χ3n) is 3.32. The lowest BCUT2D eigenvalue weighted by molar-refractivity contribution is -0.139. The summed E-state index contributed by atoms with van der Waals surface area (Å²) >= 11 is 0. The molecule has 7 nitrogen and oxygen atoms in total.